The molecule has 144 valence electrons. The first-order chi connectivity index (χ1) is 12.8. The monoisotopic (exact) mass is 363 g/mol. The molecule has 0 saturated carbocycles. The normalized spacial score (nSPS) is 18.4. The van der Waals surface area contributed by atoms with E-state index in [0.29, 0.717) is 32.8 Å². The number of nitrogens with zero attached hydrogens (tertiary/aromatic N) is 2. The van der Waals surface area contributed by atoms with Gasteiger partial charge in [-0.25, -0.2) is 4.79 Å². The van der Waals surface area contributed by atoms with Gasteiger partial charge in [0.1, 0.15) is 5.75 Å². The number of hydrogen-bond acceptors (Lipinski definition) is 5. The molecule has 0 spiro atoms. The fourth-order valence-corrected chi connectivity index (χ4v) is 2.98. The van der Waals surface area contributed by atoms with Crippen molar-refractivity contribution in [3.05, 3.63) is 30.3 Å². The van der Waals surface area contributed by atoms with Crippen molar-refractivity contribution in [3.8, 4) is 5.75 Å². The summed E-state index contributed by atoms with van der Waals surface area (Å²) in [6, 6.07) is 9.79. The number of para-hydroxylation sites is 1. The van der Waals surface area contributed by atoms with Gasteiger partial charge in [-0.15, -0.1) is 0 Å². The Kier molecular flexibility index (Phi) is 7.54. The van der Waals surface area contributed by atoms with Gasteiger partial charge < -0.3 is 24.4 Å². The Hall–Kier alpha value is -1.83. The molecule has 2 fully saturated rings. The van der Waals surface area contributed by atoms with Crippen molar-refractivity contribution >= 4 is 6.03 Å². The van der Waals surface area contributed by atoms with Crippen molar-refractivity contribution in [2.75, 3.05) is 65.7 Å². The van der Waals surface area contributed by atoms with Gasteiger partial charge in [0.15, 0.2) is 0 Å². The van der Waals surface area contributed by atoms with Crippen LogP contribution in [0, 0.1) is 0 Å². The predicted octanol–water partition coefficient (Wildman–Crippen LogP) is 1.20. The second-order valence-corrected chi connectivity index (χ2v) is 6.60. The Morgan fingerprint density at radius 3 is 2.69 bits per heavy atom. The van der Waals surface area contributed by atoms with E-state index in [1.54, 1.807) is 4.90 Å². The van der Waals surface area contributed by atoms with Crippen LogP contribution in [0.5, 0.6) is 5.75 Å². The quantitative estimate of drug-likeness (QED) is 0.668. The van der Waals surface area contributed by atoms with E-state index in [1.165, 1.54) is 0 Å². The summed E-state index contributed by atoms with van der Waals surface area (Å²) in [7, 11) is 0. The molecule has 0 atom stereocenters. The van der Waals surface area contributed by atoms with Crippen LogP contribution in [0.4, 0.5) is 4.79 Å². The van der Waals surface area contributed by atoms with E-state index in [0.717, 1.165) is 45.0 Å². The van der Waals surface area contributed by atoms with Crippen molar-refractivity contribution in [3.63, 3.8) is 0 Å². The van der Waals surface area contributed by atoms with Gasteiger partial charge in [0.2, 0.25) is 0 Å². The minimum Gasteiger partial charge on any atom is -0.494 e. The molecule has 3 rings (SSSR count). The molecule has 2 aliphatic heterocycles. The number of benzene rings is 1. The van der Waals surface area contributed by atoms with Gasteiger partial charge in [-0.3, -0.25) is 4.90 Å². The molecule has 1 aromatic rings. The van der Waals surface area contributed by atoms with Crippen LogP contribution in [0.25, 0.3) is 0 Å². The van der Waals surface area contributed by atoms with E-state index >= 15 is 0 Å². The van der Waals surface area contributed by atoms with Crippen molar-refractivity contribution in [1.29, 1.82) is 0 Å². The number of nitrogens with one attached hydrogen (secondary N) is 1. The van der Waals surface area contributed by atoms with Crippen LogP contribution in [0.15, 0.2) is 30.3 Å². The maximum absolute atomic E-state index is 12.0. The van der Waals surface area contributed by atoms with Crippen LogP contribution in [-0.4, -0.2) is 87.6 Å². The van der Waals surface area contributed by atoms with Crippen LogP contribution in [-0.2, 0) is 9.47 Å². The van der Waals surface area contributed by atoms with E-state index in [9.17, 15) is 4.79 Å². The first-order valence-corrected chi connectivity index (χ1v) is 9.43. The fourth-order valence-electron chi connectivity index (χ4n) is 2.98. The Labute approximate surface area is 155 Å². The molecule has 2 heterocycles. The first kappa shape index (κ1) is 18.9. The third-order valence-electron chi connectivity index (χ3n) is 4.60. The van der Waals surface area contributed by atoms with Crippen LogP contribution in [0.1, 0.15) is 6.42 Å². The molecule has 0 aromatic heterocycles. The summed E-state index contributed by atoms with van der Waals surface area (Å²) in [5.41, 5.74) is 0. The fraction of sp³-hybridized carbons (Fsp3) is 0.632. The molecular formula is C19H29N3O4. The molecule has 1 aromatic carbocycles. The Balaban J connectivity index is 1.17. The number of morpholine rings is 1. The van der Waals surface area contributed by atoms with Crippen LogP contribution in [0.2, 0.25) is 0 Å². The van der Waals surface area contributed by atoms with E-state index in [2.05, 4.69) is 10.2 Å². The van der Waals surface area contributed by atoms with Crippen LogP contribution >= 0.6 is 0 Å². The van der Waals surface area contributed by atoms with E-state index in [4.69, 9.17) is 14.2 Å². The average molecular weight is 363 g/mol. The third kappa shape index (κ3) is 6.16. The number of rotatable bonds is 9. The molecule has 2 saturated heterocycles. The largest absolute Gasteiger partial charge is 0.494 e. The smallest absolute Gasteiger partial charge is 0.317 e. The number of hydrogen-bond donors (Lipinski definition) is 1. The van der Waals surface area contributed by atoms with Gasteiger partial charge in [0.05, 0.1) is 45.6 Å². The second-order valence-electron chi connectivity index (χ2n) is 6.60. The van der Waals surface area contributed by atoms with Crippen molar-refractivity contribution in [2.24, 2.45) is 0 Å². The highest BCUT2D eigenvalue weighted by molar-refractivity contribution is 5.75. The third-order valence-corrected chi connectivity index (χ3v) is 4.60. The van der Waals surface area contributed by atoms with E-state index < -0.39 is 0 Å². The number of amides is 2. The highest BCUT2D eigenvalue weighted by Gasteiger charge is 2.31. The standard InChI is InChI=1S/C19H29N3O4/c23-19(20-7-8-21-9-13-24-14-10-21)22-15-18(16-22)26-12-4-11-25-17-5-2-1-3-6-17/h1-3,5-6,18H,4,7-16H2,(H,20,23). The number of ether oxygens (including phenoxy) is 3. The molecule has 0 unspecified atom stereocenters. The number of urea groups is 1. The van der Waals surface area contributed by atoms with Crippen molar-refractivity contribution in [1.82, 2.24) is 15.1 Å². The van der Waals surface area contributed by atoms with Gasteiger partial charge in [-0.2, -0.15) is 0 Å². The summed E-state index contributed by atoms with van der Waals surface area (Å²) in [5, 5.41) is 2.98. The van der Waals surface area contributed by atoms with Gasteiger partial charge in [-0.1, -0.05) is 18.2 Å². The lowest BCUT2D eigenvalue weighted by molar-refractivity contribution is -0.0383. The van der Waals surface area contributed by atoms with E-state index in [-0.39, 0.29) is 12.1 Å². The molecule has 7 nitrogen and oxygen atoms in total. The zero-order chi connectivity index (χ0) is 18.0. The molecule has 7 heteroatoms. The van der Waals surface area contributed by atoms with Gasteiger partial charge >= 0.3 is 6.03 Å². The number of carbonyl (C=O) groups is 1. The lowest BCUT2D eigenvalue weighted by Crippen LogP contribution is -2.58. The second kappa shape index (κ2) is 10.4. The minimum absolute atomic E-state index is 0.00511. The van der Waals surface area contributed by atoms with Gasteiger partial charge in [0.25, 0.3) is 0 Å². The summed E-state index contributed by atoms with van der Waals surface area (Å²) >= 11 is 0. The topological polar surface area (TPSA) is 63.3 Å². The number of likely N-dealkylation sites (tertiary alicyclic amines) is 1. The summed E-state index contributed by atoms with van der Waals surface area (Å²) in [5.74, 6) is 0.885. The summed E-state index contributed by atoms with van der Waals surface area (Å²) in [4.78, 5) is 16.1. The number of carbonyl (C=O) groups excluding carboxylic acids is 1. The Morgan fingerprint density at radius 2 is 1.92 bits per heavy atom. The molecule has 1 N–H and O–H groups in total. The lowest BCUT2D eigenvalue weighted by Gasteiger charge is -2.39. The maximum Gasteiger partial charge on any atom is 0.317 e. The first-order valence-electron chi connectivity index (χ1n) is 9.43. The predicted molar refractivity (Wildman–Crippen MR) is 98.5 cm³/mol. The highest BCUT2D eigenvalue weighted by Crippen LogP contribution is 2.12. The summed E-state index contributed by atoms with van der Waals surface area (Å²) in [6.45, 7) is 7.66. The molecule has 26 heavy (non-hydrogen) atoms. The van der Waals surface area contributed by atoms with E-state index in [1.807, 2.05) is 30.3 Å². The molecule has 0 radical (unpaired) electrons. The summed E-state index contributed by atoms with van der Waals surface area (Å²) < 4.78 is 16.7. The molecule has 2 amide bonds. The van der Waals surface area contributed by atoms with Crippen molar-refractivity contribution in [2.45, 2.75) is 12.5 Å². The lowest BCUT2D eigenvalue weighted by atomic mass is 10.2. The van der Waals surface area contributed by atoms with Gasteiger partial charge in [0, 0.05) is 32.6 Å². The maximum atomic E-state index is 12.0. The zero-order valence-electron chi connectivity index (χ0n) is 15.3. The highest BCUT2D eigenvalue weighted by atomic mass is 16.5. The van der Waals surface area contributed by atoms with Crippen LogP contribution < -0.4 is 10.1 Å². The van der Waals surface area contributed by atoms with Crippen LogP contribution in [0.3, 0.4) is 0 Å². The van der Waals surface area contributed by atoms with Crippen molar-refractivity contribution < 1.29 is 19.0 Å². The summed E-state index contributed by atoms with van der Waals surface area (Å²) in [6.07, 6.45) is 0.994. The van der Waals surface area contributed by atoms with Gasteiger partial charge in [-0.05, 0) is 12.1 Å². The average Bonchev–Trinajstić information content (AvgIpc) is 2.64. The molecule has 0 aliphatic carbocycles. The molecule has 0 bridgehead atoms. The zero-order valence-corrected chi connectivity index (χ0v) is 15.3. The Bertz CT molecular complexity index is 531. The molecule has 2 aliphatic rings. The SMILES string of the molecule is O=C(NCCN1CCOCC1)N1CC(OCCCOc2ccccc2)C1. The minimum atomic E-state index is 0.00511. The molecular weight excluding hydrogens is 334 g/mol. The Morgan fingerprint density at radius 1 is 1.15 bits per heavy atom.